The van der Waals surface area contributed by atoms with E-state index in [0.717, 1.165) is 11.1 Å². The van der Waals surface area contributed by atoms with Crippen molar-refractivity contribution >= 4 is 18.0 Å². The molecule has 3 amide bonds. The van der Waals surface area contributed by atoms with Crippen LogP contribution in [-0.4, -0.2) is 23.9 Å². The maximum Gasteiger partial charge on any atom is 0.328 e. The first-order valence-electron chi connectivity index (χ1n) is 4.96. The van der Waals surface area contributed by atoms with Crippen molar-refractivity contribution in [3.63, 3.8) is 0 Å². The number of imide groups is 1. The Morgan fingerprint density at radius 3 is 2.50 bits per heavy atom. The average Bonchev–Trinajstić information content (AvgIpc) is 2.48. The first-order chi connectivity index (χ1) is 7.59. The SMILES string of the molecule is Cc1ccccc1/C=C1/C(=O)NC(=O)N1C. The Balaban J connectivity index is 2.42. The highest BCUT2D eigenvalue weighted by Crippen LogP contribution is 2.17. The van der Waals surface area contributed by atoms with Gasteiger partial charge in [0.25, 0.3) is 5.91 Å². The summed E-state index contributed by atoms with van der Waals surface area (Å²) in [6, 6.07) is 7.31. The van der Waals surface area contributed by atoms with E-state index in [9.17, 15) is 9.59 Å². The van der Waals surface area contributed by atoms with Crippen molar-refractivity contribution in [2.45, 2.75) is 6.92 Å². The topological polar surface area (TPSA) is 49.4 Å². The lowest BCUT2D eigenvalue weighted by molar-refractivity contribution is -0.115. The molecule has 1 aromatic carbocycles. The zero-order chi connectivity index (χ0) is 11.7. The van der Waals surface area contributed by atoms with Gasteiger partial charge >= 0.3 is 6.03 Å². The minimum absolute atomic E-state index is 0.351. The highest BCUT2D eigenvalue weighted by Gasteiger charge is 2.29. The maximum absolute atomic E-state index is 11.5. The molecule has 4 heteroatoms. The van der Waals surface area contributed by atoms with Crippen molar-refractivity contribution in [1.29, 1.82) is 0 Å². The van der Waals surface area contributed by atoms with E-state index in [0.29, 0.717) is 5.70 Å². The van der Waals surface area contributed by atoms with E-state index in [1.54, 1.807) is 13.1 Å². The van der Waals surface area contributed by atoms with Gasteiger partial charge in [0.15, 0.2) is 0 Å². The number of urea groups is 1. The largest absolute Gasteiger partial charge is 0.328 e. The lowest BCUT2D eigenvalue weighted by atomic mass is 10.1. The number of nitrogens with zero attached hydrogens (tertiary/aromatic N) is 1. The molecule has 0 unspecified atom stereocenters. The molecule has 1 heterocycles. The van der Waals surface area contributed by atoms with Crippen LogP contribution in [0.25, 0.3) is 6.08 Å². The molecule has 1 aromatic rings. The summed E-state index contributed by atoms with van der Waals surface area (Å²) in [4.78, 5) is 24.0. The molecule has 2 rings (SSSR count). The van der Waals surface area contributed by atoms with Crippen molar-refractivity contribution < 1.29 is 9.59 Å². The number of amides is 3. The Morgan fingerprint density at radius 2 is 1.94 bits per heavy atom. The molecule has 0 bridgehead atoms. The molecule has 0 aromatic heterocycles. The van der Waals surface area contributed by atoms with Crippen LogP contribution < -0.4 is 5.32 Å². The van der Waals surface area contributed by atoms with E-state index in [4.69, 9.17) is 0 Å². The molecule has 1 fully saturated rings. The third-order valence-electron chi connectivity index (χ3n) is 2.60. The summed E-state index contributed by atoms with van der Waals surface area (Å²) in [7, 11) is 1.57. The van der Waals surface area contributed by atoms with Crippen molar-refractivity contribution in [1.82, 2.24) is 10.2 Å². The molecular formula is C12H12N2O2. The number of aryl methyl sites for hydroxylation is 1. The molecule has 0 radical (unpaired) electrons. The molecule has 82 valence electrons. The van der Waals surface area contributed by atoms with Crippen LogP contribution in [0.3, 0.4) is 0 Å². The van der Waals surface area contributed by atoms with Crippen LogP contribution in [0.5, 0.6) is 0 Å². The molecule has 4 nitrogen and oxygen atoms in total. The fourth-order valence-electron chi connectivity index (χ4n) is 1.57. The lowest BCUT2D eigenvalue weighted by Gasteiger charge is -2.07. The van der Waals surface area contributed by atoms with Gasteiger partial charge in [-0.1, -0.05) is 24.3 Å². The Bertz CT molecular complexity index is 492. The third kappa shape index (κ3) is 1.69. The minimum Gasteiger partial charge on any atom is -0.292 e. The second kappa shape index (κ2) is 3.81. The summed E-state index contributed by atoms with van der Waals surface area (Å²) in [5.74, 6) is -0.351. The number of benzene rings is 1. The number of rotatable bonds is 1. The molecular weight excluding hydrogens is 204 g/mol. The van der Waals surface area contributed by atoms with E-state index in [1.165, 1.54) is 4.90 Å². The number of hydrogen-bond acceptors (Lipinski definition) is 2. The summed E-state index contributed by atoms with van der Waals surface area (Å²) in [6.07, 6.45) is 1.72. The molecule has 1 saturated heterocycles. The number of likely N-dealkylation sites (N-methyl/N-ethyl adjacent to an activating group) is 1. The molecule has 0 aliphatic carbocycles. The molecule has 0 spiro atoms. The Morgan fingerprint density at radius 1 is 1.25 bits per heavy atom. The standard InChI is InChI=1S/C12H12N2O2/c1-8-5-3-4-6-9(8)7-10-11(15)13-12(16)14(10)2/h3-7H,1-2H3,(H,13,15,16)/b10-7-. The Hall–Kier alpha value is -2.10. The summed E-state index contributed by atoms with van der Waals surface area (Å²) in [5.41, 5.74) is 2.38. The van der Waals surface area contributed by atoms with E-state index in [1.807, 2.05) is 31.2 Å². The quantitative estimate of drug-likeness (QED) is 0.571. The van der Waals surface area contributed by atoms with Gasteiger partial charge in [-0.25, -0.2) is 4.79 Å². The normalized spacial score (nSPS) is 18.1. The highest BCUT2D eigenvalue weighted by molar-refractivity contribution is 6.13. The van der Waals surface area contributed by atoms with Gasteiger partial charge in [-0.15, -0.1) is 0 Å². The molecule has 1 aliphatic heterocycles. The van der Waals surface area contributed by atoms with Gasteiger partial charge in [0.1, 0.15) is 5.70 Å². The number of hydrogen-bond donors (Lipinski definition) is 1. The summed E-state index contributed by atoms with van der Waals surface area (Å²) in [5, 5.41) is 2.24. The fourth-order valence-corrected chi connectivity index (χ4v) is 1.57. The second-order valence-corrected chi connectivity index (χ2v) is 3.70. The van der Waals surface area contributed by atoms with Gasteiger partial charge in [0.05, 0.1) is 0 Å². The predicted octanol–water partition coefficient (Wildman–Crippen LogP) is 1.52. The summed E-state index contributed by atoms with van der Waals surface area (Å²) < 4.78 is 0. The van der Waals surface area contributed by atoms with Gasteiger partial charge in [0.2, 0.25) is 0 Å². The van der Waals surface area contributed by atoms with Gasteiger partial charge in [-0.2, -0.15) is 0 Å². The van der Waals surface area contributed by atoms with Gasteiger partial charge in [0, 0.05) is 7.05 Å². The number of nitrogens with one attached hydrogen (secondary N) is 1. The summed E-state index contributed by atoms with van der Waals surface area (Å²) >= 11 is 0. The van der Waals surface area contributed by atoms with Gasteiger partial charge in [-0.3, -0.25) is 15.0 Å². The van der Waals surface area contributed by atoms with Gasteiger partial charge < -0.3 is 0 Å². The van der Waals surface area contributed by atoms with Crippen LogP contribution in [0.1, 0.15) is 11.1 Å². The van der Waals surface area contributed by atoms with Crippen molar-refractivity contribution in [2.24, 2.45) is 0 Å². The van der Waals surface area contributed by atoms with Crippen LogP contribution in [0.4, 0.5) is 4.79 Å². The van der Waals surface area contributed by atoms with Gasteiger partial charge in [-0.05, 0) is 24.1 Å². The predicted molar refractivity (Wildman–Crippen MR) is 60.5 cm³/mol. The summed E-state index contributed by atoms with van der Waals surface area (Å²) in [6.45, 7) is 1.96. The second-order valence-electron chi connectivity index (χ2n) is 3.70. The fraction of sp³-hybridized carbons (Fsp3) is 0.167. The van der Waals surface area contributed by atoms with Crippen LogP contribution in [0.2, 0.25) is 0 Å². The molecule has 0 saturated carbocycles. The van der Waals surface area contributed by atoms with E-state index in [-0.39, 0.29) is 11.9 Å². The molecule has 0 atom stereocenters. The van der Waals surface area contributed by atoms with Crippen LogP contribution in [-0.2, 0) is 4.79 Å². The number of carbonyl (C=O) groups is 2. The third-order valence-corrected chi connectivity index (χ3v) is 2.60. The zero-order valence-electron chi connectivity index (χ0n) is 9.15. The smallest absolute Gasteiger partial charge is 0.292 e. The minimum atomic E-state index is -0.384. The first-order valence-corrected chi connectivity index (χ1v) is 4.96. The molecule has 1 N–H and O–H groups in total. The van der Waals surface area contributed by atoms with E-state index >= 15 is 0 Å². The molecule has 16 heavy (non-hydrogen) atoms. The monoisotopic (exact) mass is 216 g/mol. The van der Waals surface area contributed by atoms with Crippen molar-refractivity contribution in [3.05, 3.63) is 41.1 Å². The first kappa shape index (κ1) is 10.4. The van der Waals surface area contributed by atoms with E-state index < -0.39 is 0 Å². The lowest BCUT2D eigenvalue weighted by Crippen LogP contribution is -2.24. The van der Waals surface area contributed by atoms with Crippen LogP contribution >= 0.6 is 0 Å². The Kier molecular flexibility index (Phi) is 2.48. The average molecular weight is 216 g/mol. The van der Waals surface area contributed by atoms with Crippen LogP contribution in [0.15, 0.2) is 30.0 Å². The number of carbonyl (C=O) groups excluding carboxylic acids is 2. The maximum atomic E-state index is 11.5. The van der Waals surface area contributed by atoms with Crippen molar-refractivity contribution in [2.75, 3.05) is 7.05 Å². The highest BCUT2D eigenvalue weighted by atomic mass is 16.2. The Labute approximate surface area is 93.6 Å². The van der Waals surface area contributed by atoms with Crippen molar-refractivity contribution in [3.8, 4) is 0 Å². The zero-order valence-corrected chi connectivity index (χ0v) is 9.15. The van der Waals surface area contributed by atoms with E-state index in [2.05, 4.69) is 5.32 Å². The van der Waals surface area contributed by atoms with Crippen LogP contribution in [0, 0.1) is 6.92 Å². The molecule has 1 aliphatic rings.